The smallest absolute Gasteiger partial charge is 0.137 e. The van der Waals surface area contributed by atoms with Crippen LogP contribution in [0.4, 0.5) is 22.7 Å². The summed E-state index contributed by atoms with van der Waals surface area (Å²) in [5.74, 6) is 1.08. The van der Waals surface area contributed by atoms with E-state index in [1.54, 1.807) is 0 Å². The second-order valence-electron chi connectivity index (χ2n) is 16.2. The van der Waals surface area contributed by atoms with Gasteiger partial charge in [0.15, 0.2) is 0 Å². The summed E-state index contributed by atoms with van der Waals surface area (Å²) >= 11 is 0. The van der Waals surface area contributed by atoms with Crippen molar-refractivity contribution in [1.82, 2.24) is 0 Å². The van der Waals surface area contributed by atoms with Crippen LogP contribution in [0.3, 0.4) is 0 Å². The maximum absolute atomic E-state index is 5.57. The van der Waals surface area contributed by atoms with E-state index in [0.717, 1.165) is 35.7 Å². The van der Waals surface area contributed by atoms with Crippen LogP contribution in [0.25, 0.3) is 50.1 Å². The number of allylic oxidation sites excluding steroid dienone is 2. The molecule has 2 unspecified atom stereocenters. The van der Waals surface area contributed by atoms with Gasteiger partial charge in [0.2, 0.25) is 0 Å². The summed E-state index contributed by atoms with van der Waals surface area (Å²) in [5.41, 5.74) is 21.1. The zero-order chi connectivity index (χ0) is 39.6. The average Bonchev–Trinajstić information content (AvgIpc) is 3.75. The van der Waals surface area contributed by atoms with Crippen molar-refractivity contribution in [3.63, 3.8) is 0 Å². The summed E-state index contributed by atoms with van der Waals surface area (Å²) in [6, 6.07) is 73.1. The largest absolute Gasteiger partial charge is 0.315 e. The summed E-state index contributed by atoms with van der Waals surface area (Å²) in [6.07, 6.45) is 6.90. The van der Waals surface area contributed by atoms with Crippen LogP contribution in [0.5, 0.6) is 0 Å². The molecule has 8 aromatic carbocycles. The lowest BCUT2D eigenvalue weighted by Crippen LogP contribution is -2.43. The molecule has 284 valence electrons. The number of benzene rings is 8. The fraction of sp³-hybridized carbons (Fsp3) is 0.0702. The molecule has 0 saturated heterocycles. The van der Waals surface area contributed by atoms with Crippen molar-refractivity contribution in [3.8, 4) is 44.5 Å². The first-order valence-electron chi connectivity index (χ1n) is 21.1. The van der Waals surface area contributed by atoms with E-state index in [0.29, 0.717) is 0 Å². The van der Waals surface area contributed by atoms with E-state index in [1.165, 1.54) is 78.0 Å². The topological polar surface area (TPSA) is 18.8 Å². The first-order valence-corrected chi connectivity index (χ1v) is 21.1. The maximum Gasteiger partial charge on any atom is 0.137 e. The first-order chi connectivity index (χ1) is 29.8. The molecule has 0 fully saturated rings. The van der Waals surface area contributed by atoms with Crippen molar-refractivity contribution < 1.29 is 0 Å². The highest BCUT2D eigenvalue weighted by Crippen LogP contribution is 2.54. The van der Waals surface area contributed by atoms with Crippen molar-refractivity contribution >= 4 is 34.2 Å². The molecular weight excluding hydrogens is 727 g/mol. The van der Waals surface area contributed by atoms with Crippen LogP contribution in [0.1, 0.15) is 35.6 Å². The van der Waals surface area contributed by atoms with Crippen LogP contribution in [0.2, 0.25) is 0 Å². The van der Waals surface area contributed by atoms with Crippen molar-refractivity contribution in [2.24, 2.45) is 4.99 Å². The Balaban J connectivity index is 0.923. The second-order valence-corrected chi connectivity index (χ2v) is 16.2. The van der Waals surface area contributed by atoms with Crippen molar-refractivity contribution in [3.05, 3.63) is 235 Å². The van der Waals surface area contributed by atoms with Crippen molar-refractivity contribution in [1.29, 1.82) is 0 Å². The summed E-state index contributed by atoms with van der Waals surface area (Å²) in [7, 11) is 0. The number of aliphatic imine (C=N–C) groups is 1. The zero-order valence-electron chi connectivity index (χ0n) is 33.1. The van der Waals surface area contributed by atoms with Crippen LogP contribution in [0, 0.1) is 0 Å². The van der Waals surface area contributed by atoms with E-state index in [-0.39, 0.29) is 12.1 Å². The number of anilines is 4. The molecule has 2 aliphatic heterocycles. The van der Waals surface area contributed by atoms with E-state index in [4.69, 9.17) is 4.99 Å². The Morgan fingerprint density at radius 2 is 0.950 bits per heavy atom. The molecule has 3 nitrogen and oxygen atoms in total. The number of rotatable bonds is 6. The summed E-state index contributed by atoms with van der Waals surface area (Å²) in [5, 5.41) is 0. The lowest BCUT2D eigenvalue weighted by Gasteiger charge is -2.40. The van der Waals surface area contributed by atoms with Crippen LogP contribution in [-0.4, -0.2) is 11.9 Å². The van der Waals surface area contributed by atoms with E-state index < -0.39 is 0 Å². The number of fused-ring (bicyclic) bond motifs is 12. The van der Waals surface area contributed by atoms with Crippen molar-refractivity contribution in [2.45, 2.75) is 24.9 Å². The Bertz CT molecular complexity index is 2930. The second kappa shape index (κ2) is 14.1. The Kier molecular flexibility index (Phi) is 8.12. The third-order valence-corrected chi connectivity index (χ3v) is 12.8. The fourth-order valence-corrected chi connectivity index (χ4v) is 10.0. The van der Waals surface area contributed by atoms with Gasteiger partial charge in [0.1, 0.15) is 11.9 Å². The Hall–Kier alpha value is -7.49. The third kappa shape index (κ3) is 5.61. The van der Waals surface area contributed by atoms with Gasteiger partial charge in [-0.25, -0.2) is 0 Å². The molecule has 2 aliphatic carbocycles. The van der Waals surface area contributed by atoms with Gasteiger partial charge < -0.3 is 9.80 Å². The highest BCUT2D eigenvalue weighted by atomic mass is 15.3. The lowest BCUT2D eigenvalue weighted by molar-refractivity contribution is 0.641. The van der Waals surface area contributed by atoms with Gasteiger partial charge in [-0.05, 0) is 123 Å². The molecule has 60 heavy (non-hydrogen) atoms. The maximum atomic E-state index is 5.57. The number of hydrogen-bond acceptors (Lipinski definition) is 3. The Morgan fingerprint density at radius 3 is 1.57 bits per heavy atom. The average molecular weight is 768 g/mol. The standard InChI is InChI=1S/C57H41N3/c1-3-13-38(14-4-1)40-23-30-44(31-24-40)59(45-32-25-41(26-33-45)39-15-5-2-6-16-39)46-34-27-42(28-35-46)43-29-36-54-53(37-43)49-19-9-12-22-52(49)57-58-55-50-20-10-7-17-47(50)48-18-8-11-21-51(48)56(55)60(54)57/h1-7,9-17,19-37,55-56H,8,18H2. The molecular formula is C57H41N3. The Morgan fingerprint density at radius 1 is 0.450 bits per heavy atom. The molecule has 0 bridgehead atoms. The van der Waals surface area contributed by atoms with E-state index in [2.05, 4.69) is 222 Å². The van der Waals surface area contributed by atoms with Gasteiger partial charge in [-0.1, -0.05) is 164 Å². The highest BCUT2D eigenvalue weighted by molar-refractivity contribution is 6.21. The number of hydrogen-bond donors (Lipinski definition) is 0. The molecule has 2 atom stereocenters. The van der Waals surface area contributed by atoms with E-state index in [9.17, 15) is 0 Å². The summed E-state index contributed by atoms with van der Waals surface area (Å²) in [4.78, 5) is 10.5. The molecule has 0 N–H and O–H groups in total. The minimum atomic E-state index is 0.0518. The van der Waals surface area contributed by atoms with Crippen LogP contribution >= 0.6 is 0 Å². The van der Waals surface area contributed by atoms with Gasteiger partial charge in [-0.2, -0.15) is 0 Å². The number of nitrogens with zero attached hydrogens (tertiary/aromatic N) is 3. The first kappa shape index (κ1) is 34.5. The Labute approximate surface area is 351 Å². The minimum Gasteiger partial charge on any atom is -0.315 e. The molecule has 3 heteroatoms. The van der Waals surface area contributed by atoms with Crippen molar-refractivity contribution in [2.75, 3.05) is 9.80 Å². The van der Waals surface area contributed by atoms with E-state index in [1.807, 2.05) is 0 Å². The fourth-order valence-electron chi connectivity index (χ4n) is 10.0. The predicted octanol–water partition coefficient (Wildman–Crippen LogP) is 14.6. The minimum absolute atomic E-state index is 0.0518. The molecule has 0 amide bonds. The molecule has 2 heterocycles. The normalized spacial score (nSPS) is 16.8. The zero-order valence-corrected chi connectivity index (χ0v) is 33.1. The molecule has 0 aromatic heterocycles. The lowest BCUT2D eigenvalue weighted by atomic mass is 9.75. The SMILES string of the molecule is C1=CC2=C(CC1)c1ccccc1C1N=C3c4ccccc4-c4cc(-c5ccc(N(c6ccc(-c7ccccc7)cc6)c6ccc(-c7ccccc7)cc6)cc5)ccc4N3C21. The van der Waals surface area contributed by atoms with Gasteiger partial charge in [-0.15, -0.1) is 0 Å². The van der Waals surface area contributed by atoms with Crippen LogP contribution in [0.15, 0.2) is 223 Å². The van der Waals surface area contributed by atoms with Crippen LogP contribution < -0.4 is 9.80 Å². The quantitative estimate of drug-likeness (QED) is 0.168. The molecule has 4 aliphatic rings. The highest BCUT2D eigenvalue weighted by Gasteiger charge is 2.47. The van der Waals surface area contributed by atoms with E-state index >= 15 is 0 Å². The molecule has 0 saturated carbocycles. The van der Waals surface area contributed by atoms with Gasteiger partial charge in [0.25, 0.3) is 0 Å². The summed E-state index contributed by atoms with van der Waals surface area (Å²) in [6.45, 7) is 0. The number of amidine groups is 1. The van der Waals surface area contributed by atoms with Gasteiger partial charge in [0.05, 0.1) is 11.7 Å². The molecule has 12 rings (SSSR count). The van der Waals surface area contributed by atoms with Gasteiger partial charge in [-0.3, -0.25) is 4.99 Å². The monoisotopic (exact) mass is 767 g/mol. The van der Waals surface area contributed by atoms with Gasteiger partial charge >= 0.3 is 0 Å². The molecule has 0 spiro atoms. The molecule has 0 radical (unpaired) electrons. The third-order valence-electron chi connectivity index (χ3n) is 12.8. The molecule has 8 aromatic rings. The summed E-state index contributed by atoms with van der Waals surface area (Å²) < 4.78 is 0. The van der Waals surface area contributed by atoms with Gasteiger partial charge in [0, 0.05) is 28.2 Å². The van der Waals surface area contributed by atoms with Crippen LogP contribution in [-0.2, 0) is 0 Å². The predicted molar refractivity (Wildman–Crippen MR) is 250 cm³/mol.